The SMILES string of the molecule is CCCCCCC#C[C@](N[S@@](=O)C(C)(C)C)(c1ccccc1)C(F)(F)F. The van der Waals surface area contributed by atoms with Crippen molar-refractivity contribution in [2.24, 2.45) is 0 Å². The highest BCUT2D eigenvalue weighted by Gasteiger charge is 2.57. The van der Waals surface area contributed by atoms with Gasteiger partial charge < -0.3 is 0 Å². The lowest BCUT2D eigenvalue weighted by molar-refractivity contribution is -0.176. The van der Waals surface area contributed by atoms with Crippen molar-refractivity contribution in [2.45, 2.75) is 76.3 Å². The Morgan fingerprint density at radius 2 is 1.65 bits per heavy atom. The molecule has 146 valence electrons. The van der Waals surface area contributed by atoms with E-state index < -0.39 is 27.4 Å². The van der Waals surface area contributed by atoms with E-state index in [1.165, 1.54) is 24.3 Å². The molecule has 2 nitrogen and oxygen atoms in total. The first-order valence-electron chi connectivity index (χ1n) is 8.86. The summed E-state index contributed by atoms with van der Waals surface area (Å²) in [6, 6.07) is 7.43. The Hall–Kier alpha value is -1.32. The number of rotatable bonds is 7. The molecule has 0 aliphatic rings. The van der Waals surface area contributed by atoms with Crippen molar-refractivity contribution >= 4 is 11.0 Å². The zero-order valence-corrected chi connectivity index (χ0v) is 16.7. The van der Waals surface area contributed by atoms with E-state index in [1.807, 2.05) is 0 Å². The van der Waals surface area contributed by atoms with Gasteiger partial charge in [0.25, 0.3) is 0 Å². The van der Waals surface area contributed by atoms with Crippen LogP contribution in [-0.4, -0.2) is 15.1 Å². The first kappa shape index (κ1) is 22.7. The van der Waals surface area contributed by atoms with Crippen LogP contribution in [0.5, 0.6) is 0 Å². The maximum atomic E-state index is 14.1. The molecule has 0 saturated heterocycles. The molecule has 0 bridgehead atoms. The monoisotopic (exact) mass is 387 g/mol. The van der Waals surface area contributed by atoms with E-state index in [9.17, 15) is 17.4 Å². The van der Waals surface area contributed by atoms with E-state index in [1.54, 1.807) is 26.8 Å². The molecule has 0 aliphatic heterocycles. The average Bonchev–Trinajstić information content (AvgIpc) is 2.55. The number of halogens is 3. The normalized spacial score (nSPS) is 15.7. The molecule has 6 heteroatoms. The summed E-state index contributed by atoms with van der Waals surface area (Å²) in [5, 5.41) is 0. The van der Waals surface area contributed by atoms with Crippen LogP contribution in [0, 0.1) is 11.8 Å². The molecule has 0 amide bonds. The predicted octanol–water partition coefficient (Wildman–Crippen LogP) is 5.47. The molecule has 0 spiro atoms. The third-order valence-electron chi connectivity index (χ3n) is 3.87. The van der Waals surface area contributed by atoms with E-state index in [0.29, 0.717) is 6.42 Å². The zero-order chi connectivity index (χ0) is 19.8. The summed E-state index contributed by atoms with van der Waals surface area (Å²) >= 11 is 0. The highest BCUT2D eigenvalue weighted by molar-refractivity contribution is 7.84. The second-order valence-corrected chi connectivity index (χ2v) is 9.18. The van der Waals surface area contributed by atoms with Gasteiger partial charge in [0, 0.05) is 6.42 Å². The van der Waals surface area contributed by atoms with Gasteiger partial charge >= 0.3 is 6.18 Å². The van der Waals surface area contributed by atoms with Gasteiger partial charge in [-0.05, 0) is 32.8 Å². The van der Waals surface area contributed by atoms with Crippen LogP contribution in [0.25, 0.3) is 0 Å². The minimum absolute atomic E-state index is 0.0499. The standard InChI is InChI=1S/C20H28F3NOS/c1-5-6-7-8-9-13-16-19(20(21,22)23,17-14-11-10-12-15-17)24-26(25)18(2,3)4/h10-12,14-15,24H,5-9H2,1-4H3/t19-,26-/m0/s1. The zero-order valence-electron chi connectivity index (χ0n) is 15.9. The van der Waals surface area contributed by atoms with Crippen LogP contribution in [0.4, 0.5) is 13.2 Å². The molecular formula is C20H28F3NOS. The van der Waals surface area contributed by atoms with Gasteiger partial charge in [-0.25, -0.2) is 8.93 Å². The van der Waals surface area contributed by atoms with Crippen molar-refractivity contribution in [2.75, 3.05) is 0 Å². The molecule has 0 saturated carbocycles. The molecule has 0 aliphatic carbocycles. The van der Waals surface area contributed by atoms with E-state index in [0.717, 1.165) is 25.7 Å². The molecule has 0 aromatic heterocycles. The van der Waals surface area contributed by atoms with Crippen molar-refractivity contribution in [1.82, 2.24) is 4.72 Å². The molecule has 0 unspecified atom stereocenters. The van der Waals surface area contributed by atoms with Gasteiger partial charge in [0.15, 0.2) is 0 Å². The molecule has 0 radical (unpaired) electrons. The maximum absolute atomic E-state index is 14.1. The van der Waals surface area contributed by atoms with Gasteiger partial charge in [-0.3, -0.25) is 0 Å². The fraction of sp³-hybridized carbons (Fsp3) is 0.600. The topological polar surface area (TPSA) is 29.1 Å². The van der Waals surface area contributed by atoms with Crippen LogP contribution >= 0.6 is 0 Å². The van der Waals surface area contributed by atoms with E-state index in [4.69, 9.17) is 0 Å². The van der Waals surface area contributed by atoms with Crippen LogP contribution < -0.4 is 4.72 Å². The van der Waals surface area contributed by atoms with Crippen LogP contribution in [-0.2, 0) is 16.5 Å². The van der Waals surface area contributed by atoms with Crippen LogP contribution in [0.15, 0.2) is 30.3 Å². The lowest BCUT2D eigenvalue weighted by Gasteiger charge is -2.34. The van der Waals surface area contributed by atoms with Gasteiger partial charge in [0.05, 0.1) is 15.7 Å². The lowest BCUT2D eigenvalue weighted by atomic mass is 9.90. The number of unbranched alkanes of at least 4 members (excludes halogenated alkanes) is 4. The molecule has 1 N–H and O–H groups in total. The maximum Gasteiger partial charge on any atom is 0.423 e. The minimum Gasteiger partial charge on any atom is -0.242 e. The third-order valence-corrected chi connectivity index (χ3v) is 5.47. The molecule has 1 aromatic rings. The largest absolute Gasteiger partial charge is 0.423 e. The highest BCUT2D eigenvalue weighted by atomic mass is 32.2. The van der Waals surface area contributed by atoms with Crippen molar-refractivity contribution < 1.29 is 17.4 Å². The third kappa shape index (κ3) is 6.14. The number of hydrogen-bond donors (Lipinski definition) is 1. The highest BCUT2D eigenvalue weighted by Crippen LogP contribution is 2.39. The fourth-order valence-electron chi connectivity index (χ4n) is 2.26. The van der Waals surface area contributed by atoms with Gasteiger partial charge in [0.2, 0.25) is 5.54 Å². The number of benzene rings is 1. The van der Waals surface area contributed by atoms with Crippen molar-refractivity contribution in [3.8, 4) is 11.8 Å². The minimum atomic E-state index is -4.72. The van der Waals surface area contributed by atoms with Crippen LogP contribution in [0.1, 0.15) is 65.4 Å². The van der Waals surface area contributed by atoms with Gasteiger partial charge in [-0.1, -0.05) is 62.4 Å². The summed E-state index contributed by atoms with van der Waals surface area (Å²) < 4.78 is 56.4. The second-order valence-electron chi connectivity index (χ2n) is 7.21. The molecular weight excluding hydrogens is 359 g/mol. The Kier molecular flexibility index (Phi) is 8.36. The van der Waals surface area contributed by atoms with Gasteiger partial charge in [-0.2, -0.15) is 13.2 Å². The Morgan fingerprint density at radius 3 is 2.15 bits per heavy atom. The van der Waals surface area contributed by atoms with E-state index >= 15 is 0 Å². The molecule has 0 heterocycles. The smallest absolute Gasteiger partial charge is 0.242 e. The molecule has 2 atom stereocenters. The Morgan fingerprint density at radius 1 is 1.04 bits per heavy atom. The lowest BCUT2D eigenvalue weighted by Crippen LogP contribution is -2.56. The number of alkyl halides is 3. The summed E-state index contributed by atoms with van der Waals surface area (Å²) in [5.74, 6) is 5.07. The Balaban J connectivity index is 3.29. The summed E-state index contributed by atoms with van der Waals surface area (Å²) in [6.45, 7) is 6.95. The summed E-state index contributed by atoms with van der Waals surface area (Å²) in [4.78, 5) is 0. The van der Waals surface area contributed by atoms with Gasteiger partial charge in [0.1, 0.15) is 0 Å². The first-order valence-corrected chi connectivity index (χ1v) is 10.0. The first-order chi connectivity index (χ1) is 12.0. The van der Waals surface area contributed by atoms with E-state index in [-0.39, 0.29) is 5.56 Å². The van der Waals surface area contributed by atoms with Crippen LogP contribution in [0.3, 0.4) is 0 Å². The van der Waals surface area contributed by atoms with Crippen LogP contribution in [0.2, 0.25) is 0 Å². The second kappa shape index (κ2) is 9.57. The van der Waals surface area contributed by atoms with Crippen molar-refractivity contribution in [3.05, 3.63) is 35.9 Å². The quantitative estimate of drug-likeness (QED) is 0.488. The Labute approximate surface area is 157 Å². The van der Waals surface area contributed by atoms with Gasteiger partial charge in [-0.15, -0.1) is 5.92 Å². The Bertz CT molecular complexity index is 641. The summed E-state index contributed by atoms with van der Waals surface area (Å²) in [5.41, 5.74) is -2.71. The van der Waals surface area contributed by atoms with E-state index in [2.05, 4.69) is 23.5 Å². The summed E-state index contributed by atoms with van der Waals surface area (Å²) in [7, 11) is -1.94. The molecule has 1 aromatic carbocycles. The van der Waals surface area contributed by atoms with Crippen molar-refractivity contribution in [1.29, 1.82) is 0 Å². The molecule has 0 fully saturated rings. The number of nitrogens with one attached hydrogen (secondary N) is 1. The molecule has 1 rings (SSSR count). The number of hydrogen-bond acceptors (Lipinski definition) is 1. The van der Waals surface area contributed by atoms with Crippen molar-refractivity contribution in [3.63, 3.8) is 0 Å². The summed E-state index contributed by atoms with van der Waals surface area (Å²) in [6.07, 6.45) is -0.546. The average molecular weight is 388 g/mol. The molecule has 26 heavy (non-hydrogen) atoms. The fourth-order valence-corrected chi connectivity index (χ4v) is 3.13. The predicted molar refractivity (Wildman–Crippen MR) is 102 cm³/mol.